The molecule has 0 bridgehead atoms. The maximum Gasteiger partial charge on any atom is 0.411 e. The molecular weight excluding hydrogens is 233 g/mol. The fourth-order valence-corrected chi connectivity index (χ4v) is 1.17. The highest BCUT2D eigenvalue weighted by Crippen LogP contribution is 2.15. The summed E-state index contributed by atoms with van der Waals surface area (Å²) in [7, 11) is 0. The van der Waals surface area contributed by atoms with Crippen LogP contribution >= 0.6 is 0 Å². The van der Waals surface area contributed by atoms with Gasteiger partial charge in [0.05, 0.1) is 6.61 Å². The molecular formula is C12H11F3O2. The monoisotopic (exact) mass is 244 g/mol. The van der Waals surface area contributed by atoms with E-state index in [1.807, 2.05) is 0 Å². The van der Waals surface area contributed by atoms with Crippen molar-refractivity contribution < 1.29 is 23.0 Å². The molecule has 1 aromatic carbocycles. The van der Waals surface area contributed by atoms with Crippen LogP contribution in [-0.2, 0) is 11.3 Å². The van der Waals surface area contributed by atoms with Crippen molar-refractivity contribution in [2.75, 3.05) is 13.2 Å². The van der Waals surface area contributed by atoms with Crippen LogP contribution in [0.2, 0.25) is 0 Å². The summed E-state index contributed by atoms with van der Waals surface area (Å²) in [5.74, 6) is 5.12. The number of rotatable bonds is 3. The number of hydrogen-bond acceptors (Lipinski definition) is 2. The number of aliphatic hydroxyl groups excluding tert-OH is 1. The van der Waals surface area contributed by atoms with Crippen LogP contribution in [0.3, 0.4) is 0 Å². The van der Waals surface area contributed by atoms with Crippen LogP contribution in [0.1, 0.15) is 11.1 Å². The highest BCUT2D eigenvalue weighted by molar-refractivity contribution is 5.36. The Bertz CT molecular complexity index is 416. The summed E-state index contributed by atoms with van der Waals surface area (Å²) < 4.78 is 40.0. The van der Waals surface area contributed by atoms with E-state index in [1.165, 1.54) is 0 Å². The maximum absolute atomic E-state index is 11.8. The predicted molar refractivity (Wildman–Crippen MR) is 56.1 cm³/mol. The van der Waals surface area contributed by atoms with Gasteiger partial charge in [-0.15, -0.1) is 0 Å². The van der Waals surface area contributed by atoms with Gasteiger partial charge in [-0.3, -0.25) is 0 Å². The molecule has 1 aromatic rings. The van der Waals surface area contributed by atoms with Crippen LogP contribution < -0.4 is 0 Å². The summed E-state index contributed by atoms with van der Waals surface area (Å²) in [6.45, 7) is -1.64. The first-order valence-electron chi connectivity index (χ1n) is 4.84. The lowest BCUT2D eigenvalue weighted by Crippen LogP contribution is -2.16. The normalized spacial score (nSPS) is 10.8. The molecule has 0 unspecified atom stereocenters. The van der Waals surface area contributed by atoms with Crippen molar-refractivity contribution in [3.05, 3.63) is 35.4 Å². The predicted octanol–water partition coefficient (Wildman–Crippen LogP) is 2.11. The summed E-state index contributed by atoms with van der Waals surface area (Å²) >= 11 is 0. The number of halogens is 3. The van der Waals surface area contributed by atoms with E-state index in [1.54, 1.807) is 24.3 Å². The summed E-state index contributed by atoms with van der Waals surface area (Å²) in [4.78, 5) is 0. The molecule has 0 aliphatic carbocycles. The molecule has 0 saturated heterocycles. The van der Waals surface area contributed by atoms with Gasteiger partial charge in [-0.2, -0.15) is 13.2 Å². The molecule has 0 amide bonds. The average molecular weight is 244 g/mol. The van der Waals surface area contributed by atoms with E-state index >= 15 is 0 Å². The van der Waals surface area contributed by atoms with Gasteiger partial charge in [0.15, 0.2) is 0 Å². The number of benzene rings is 1. The Morgan fingerprint density at radius 2 is 2.06 bits per heavy atom. The summed E-state index contributed by atoms with van der Waals surface area (Å²) in [6, 6.07) is 6.66. The van der Waals surface area contributed by atoms with Crippen LogP contribution in [0.5, 0.6) is 0 Å². The van der Waals surface area contributed by atoms with Crippen LogP contribution in [0.4, 0.5) is 13.2 Å². The van der Waals surface area contributed by atoms with Gasteiger partial charge in [0.1, 0.15) is 13.2 Å². The van der Waals surface area contributed by atoms with Crippen molar-refractivity contribution >= 4 is 0 Å². The van der Waals surface area contributed by atoms with Crippen LogP contribution in [-0.4, -0.2) is 24.5 Å². The minimum atomic E-state index is -4.31. The maximum atomic E-state index is 11.8. The topological polar surface area (TPSA) is 29.5 Å². The first-order valence-corrected chi connectivity index (χ1v) is 4.84. The van der Waals surface area contributed by atoms with Gasteiger partial charge in [-0.05, 0) is 17.7 Å². The van der Waals surface area contributed by atoms with Gasteiger partial charge in [0, 0.05) is 5.56 Å². The van der Waals surface area contributed by atoms with Crippen molar-refractivity contribution in [2.45, 2.75) is 12.8 Å². The number of ether oxygens (including phenoxy) is 1. The fourth-order valence-electron chi connectivity index (χ4n) is 1.17. The molecule has 0 fully saturated rings. The second kappa shape index (κ2) is 6.28. The molecule has 5 heteroatoms. The van der Waals surface area contributed by atoms with E-state index in [4.69, 9.17) is 5.11 Å². The van der Waals surface area contributed by atoms with E-state index in [-0.39, 0.29) is 13.2 Å². The van der Waals surface area contributed by atoms with E-state index in [9.17, 15) is 13.2 Å². The third kappa shape index (κ3) is 5.95. The quantitative estimate of drug-likeness (QED) is 0.825. The van der Waals surface area contributed by atoms with E-state index in [0.29, 0.717) is 11.1 Å². The highest BCUT2D eigenvalue weighted by atomic mass is 19.4. The van der Waals surface area contributed by atoms with Gasteiger partial charge in [-0.1, -0.05) is 24.0 Å². The number of hydrogen-bond donors (Lipinski definition) is 1. The molecule has 0 aromatic heterocycles. The van der Waals surface area contributed by atoms with Gasteiger partial charge in [-0.25, -0.2) is 0 Å². The zero-order chi connectivity index (χ0) is 12.7. The zero-order valence-electron chi connectivity index (χ0n) is 8.92. The third-order valence-electron chi connectivity index (χ3n) is 1.77. The summed E-state index contributed by atoms with van der Waals surface area (Å²) in [6.07, 6.45) is -4.31. The molecule has 0 aliphatic rings. The van der Waals surface area contributed by atoms with E-state index in [2.05, 4.69) is 16.6 Å². The lowest BCUT2D eigenvalue weighted by atomic mass is 10.1. The minimum absolute atomic E-state index is 0.117. The Labute approximate surface area is 97.0 Å². The minimum Gasteiger partial charge on any atom is -0.384 e. The summed E-state index contributed by atoms with van der Waals surface area (Å²) in [5.41, 5.74) is 1.24. The SMILES string of the molecule is OCC#Cc1cccc(COCC(F)(F)F)c1. The molecule has 0 radical (unpaired) electrons. The Kier molecular flexibility index (Phi) is 5.01. The Hall–Kier alpha value is -1.51. The molecule has 0 atom stereocenters. The average Bonchev–Trinajstić information content (AvgIpc) is 2.25. The van der Waals surface area contributed by atoms with E-state index < -0.39 is 12.8 Å². The first kappa shape index (κ1) is 13.6. The second-order valence-electron chi connectivity index (χ2n) is 3.27. The molecule has 17 heavy (non-hydrogen) atoms. The van der Waals surface area contributed by atoms with Crippen LogP contribution in [0.25, 0.3) is 0 Å². The van der Waals surface area contributed by atoms with Gasteiger partial charge in [0.2, 0.25) is 0 Å². The Morgan fingerprint density at radius 1 is 1.29 bits per heavy atom. The van der Waals surface area contributed by atoms with Crippen LogP contribution in [0, 0.1) is 11.8 Å². The standard InChI is InChI=1S/C12H11F3O2/c13-12(14,15)9-17-8-11-4-1-3-10(7-11)5-2-6-16/h1,3-4,7,16H,6,8-9H2. The lowest BCUT2D eigenvalue weighted by molar-refractivity contribution is -0.176. The molecule has 0 heterocycles. The molecule has 0 saturated carbocycles. The van der Waals surface area contributed by atoms with Crippen molar-refractivity contribution in [3.63, 3.8) is 0 Å². The van der Waals surface area contributed by atoms with Gasteiger partial charge < -0.3 is 9.84 Å². The molecule has 0 spiro atoms. The smallest absolute Gasteiger partial charge is 0.384 e. The van der Waals surface area contributed by atoms with Gasteiger partial charge in [0.25, 0.3) is 0 Å². The zero-order valence-corrected chi connectivity index (χ0v) is 8.92. The van der Waals surface area contributed by atoms with Crippen molar-refractivity contribution in [2.24, 2.45) is 0 Å². The number of alkyl halides is 3. The van der Waals surface area contributed by atoms with E-state index in [0.717, 1.165) is 0 Å². The molecule has 1 N–H and O–H groups in total. The van der Waals surface area contributed by atoms with Crippen molar-refractivity contribution in [3.8, 4) is 11.8 Å². The van der Waals surface area contributed by atoms with Crippen LogP contribution in [0.15, 0.2) is 24.3 Å². The molecule has 1 rings (SSSR count). The van der Waals surface area contributed by atoms with Crippen molar-refractivity contribution in [1.82, 2.24) is 0 Å². The van der Waals surface area contributed by atoms with Gasteiger partial charge >= 0.3 is 6.18 Å². The summed E-state index contributed by atoms with van der Waals surface area (Å²) in [5, 5.41) is 8.50. The third-order valence-corrected chi connectivity index (χ3v) is 1.77. The lowest BCUT2D eigenvalue weighted by Gasteiger charge is -2.07. The Balaban J connectivity index is 2.54. The fraction of sp³-hybridized carbons (Fsp3) is 0.333. The first-order chi connectivity index (χ1) is 8.01. The highest BCUT2D eigenvalue weighted by Gasteiger charge is 2.27. The molecule has 0 aliphatic heterocycles. The molecule has 92 valence electrons. The largest absolute Gasteiger partial charge is 0.411 e. The second-order valence-corrected chi connectivity index (χ2v) is 3.27. The Morgan fingerprint density at radius 3 is 2.71 bits per heavy atom. The molecule has 2 nitrogen and oxygen atoms in total. The number of aliphatic hydroxyl groups is 1. The van der Waals surface area contributed by atoms with Crippen molar-refractivity contribution in [1.29, 1.82) is 0 Å².